The number of hydrogen-bond acceptors (Lipinski definition) is 5. The lowest BCUT2D eigenvalue weighted by molar-refractivity contribution is -0.137. The molecule has 0 unspecified atom stereocenters. The summed E-state index contributed by atoms with van der Waals surface area (Å²) in [6.07, 6.45) is 3.83. The molecule has 1 aliphatic carbocycles. The summed E-state index contributed by atoms with van der Waals surface area (Å²) in [6, 6.07) is 5.58. The number of amides is 3. The first-order valence-corrected chi connectivity index (χ1v) is 10.4. The smallest absolute Gasteiger partial charge is 0.326 e. The predicted molar refractivity (Wildman–Crippen MR) is 111 cm³/mol. The average molecular weight is 404 g/mol. The first kappa shape index (κ1) is 21.4. The summed E-state index contributed by atoms with van der Waals surface area (Å²) >= 11 is 0. The quantitative estimate of drug-likeness (QED) is 0.709. The van der Waals surface area contributed by atoms with Crippen LogP contribution in [0.1, 0.15) is 38.7 Å². The number of carbonyl (C=O) groups is 2. The third-order valence-electron chi connectivity index (χ3n) is 6.60. The van der Waals surface area contributed by atoms with Crippen molar-refractivity contribution in [3.8, 4) is 11.5 Å². The molecule has 7 heteroatoms. The number of benzene rings is 1. The number of nitrogens with one attached hydrogen (secondary N) is 1. The van der Waals surface area contributed by atoms with E-state index in [-0.39, 0.29) is 23.8 Å². The topological polar surface area (TPSA) is 71.1 Å². The molecule has 3 amide bonds. The van der Waals surface area contributed by atoms with E-state index in [0.29, 0.717) is 24.7 Å². The summed E-state index contributed by atoms with van der Waals surface area (Å²) in [5.41, 5.74) is 0.372. The zero-order chi connectivity index (χ0) is 21.2. The number of urea groups is 1. The number of ether oxygens (including phenoxy) is 2. The van der Waals surface area contributed by atoms with Crippen molar-refractivity contribution in [2.75, 3.05) is 34.5 Å². The van der Waals surface area contributed by atoms with E-state index < -0.39 is 5.54 Å². The minimum atomic E-state index is -0.737. The molecule has 1 N–H and O–H groups in total. The van der Waals surface area contributed by atoms with Crippen molar-refractivity contribution in [3.05, 3.63) is 23.8 Å². The number of likely N-dealkylation sites (N-methyl/N-ethyl adjacent to an activating group) is 1. The number of hydrogen-bond donors (Lipinski definition) is 1. The van der Waals surface area contributed by atoms with Crippen LogP contribution in [0.3, 0.4) is 0 Å². The van der Waals surface area contributed by atoms with Gasteiger partial charge in [0.05, 0.1) is 20.9 Å². The minimum Gasteiger partial charge on any atom is -0.493 e. The van der Waals surface area contributed by atoms with Gasteiger partial charge in [-0.25, -0.2) is 9.69 Å². The maximum Gasteiger partial charge on any atom is 0.326 e. The minimum absolute atomic E-state index is 0.0693. The molecule has 1 aromatic rings. The summed E-state index contributed by atoms with van der Waals surface area (Å²) in [4.78, 5) is 29.3. The Morgan fingerprint density at radius 1 is 1.14 bits per heavy atom. The number of carbonyl (C=O) groups excluding carboxylic acids is 2. The standard InChI is InChI=1S/C22H33N3O4/c1-15-7-6-8-16(2)22(15)20(26)25(21(27)23-22)14-24(3)12-11-17-9-10-18(28-4)19(13-17)29-5/h9-10,13,15-16H,6-8,11-12,14H2,1-5H3,(H,23,27)/t15-,16-/m1/s1. The fourth-order valence-corrected chi connectivity index (χ4v) is 4.75. The summed E-state index contributed by atoms with van der Waals surface area (Å²) in [5.74, 6) is 1.64. The normalized spacial score (nSPS) is 23.6. The van der Waals surface area contributed by atoms with E-state index in [9.17, 15) is 9.59 Å². The van der Waals surface area contributed by atoms with Gasteiger partial charge in [0.15, 0.2) is 11.5 Å². The van der Waals surface area contributed by atoms with Crippen LogP contribution < -0.4 is 14.8 Å². The predicted octanol–water partition coefficient (Wildman–Crippen LogP) is 2.88. The Hall–Kier alpha value is -2.28. The van der Waals surface area contributed by atoms with Gasteiger partial charge in [-0.05, 0) is 55.8 Å². The zero-order valence-corrected chi connectivity index (χ0v) is 18.2. The third-order valence-corrected chi connectivity index (χ3v) is 6.60. The number of nitrogens with zero attached hydrogens (tertiary/aromatic N) is 2. The molecule has 0 bridgehead atoms. The van der Waals surface area contributed by atoms with E-state index >= 15 is 0 Å². The van der Waals surface area contributed by atoms with Crippen molar-refractivity contribution >= 4 is 11.9 Å². The Labute approximate surface area is 173 Å². The van der Waals surface area contributed by atoms with Crippen LogP contribution in [-0.4, -0.2) is 61.8 Å². The lowest BCUT2D eigenvalue weighted by atomic mass is 9.67. The molecule has 3 rings (SSSR count). The number of methoxy groups -OCH3 is 2. The highest BCUT2D eigenvalue weighted by Gasteiger charge is 2.58. The van der Waals surface area contributed by atoms with Crippen LogP contribution >= 0.6 is 0 Å². The second-order valence-corrected chi connectivity index (χ2v) is 8.43. The Bertz CT molecular complexity index is 756. The van der Waals surface area contributed by atoms with E-state index in [1.165, 1.54) is 4.90 Å². The molecular formula is C22H33N3O4. The van der Waals surface area contributed by atoms with Crippen molar-refractivity contribution < 1.29 is 19.1 Å². The lowest BCUT2D eigenvalue weighted by Gasteiger charge is -2.42. The van der Waals surface area contributed by atoms with E-state index in [1.807, 2.05) is 30.1 Å². The van der Waals surface area contributed by atoms with Gasteiger partial charge in [-0.2, -0.15) is 0 Å². The molecule has 0 aromatic heterocycles. The number of imide groups is 1. The molecule has 1 saturated carbocycles. The molecule has 160 valence electrons. The molecule has 0 radical (unpaired) electrons. The van der Waals surface area contributed by atoms with E-state index in [0.717, 1.165) is 31.2 Å². The highest BCUT2D eigenvalue weighted by atomic mass is 16.5. The maximum atomic E-state index is 13.3. The first-order valence-electron chi connectivity index (χ1n) is 10.4. The molecule has 1 aliphatic heterocycles. The summed E-state index contributed by atoms with van der Waals surface area (Å²) in [5, 5.41) is 3.06. The lowest BCUT2D eigenvalue weighted by Crippen LogP contribution is -2.59. The molecule has 1 spiro atoms. The van der Waals surface area contributed by atoms with Crippen LogP contribution in [0, 0.1) is 11.8 Å². The first-order chi connectivity index (χ1) is 13.8. The van der Waals surface area contributed by atoms with Crippen molar-refractivity contribution in [2.45, 2.75) is 45.1 Å². The van der Waals surface area contributed by atoms with Crippen molar-refractivity contribution in [2.24, 2.45) is 11.8 Å². The molecule has 2 fully saturated rings. The Kier molecular flexibility index (Phi) is 6.36. The molecule has 2 atom stereocenters. The fourth-order valence-electron chi connectivity index (χ4n) is 4.75. The Morgan fingerprint density at radius 2 is 1.79 bits per heavy atom. The van der Waals surface area contributed by atoms with E-state index in [1.54, 1.807) is 14.2 Å². The summed E-state index contributed by atoms with van der Waals surface area (Å²) < 4.78 is 10.6. The van der Waals surface area contributed by atoms with E-state index in [4.69, 9.17) is 9.47 Å². The molecule has 7 nitrogen and oxygen atoms in total. The van der Waals surface area contributed by atoms with Crippen molar-refractivity contribution in [1.82, 2.24) is 15.1 Å². The highest BCUT2D eigenvalue weighted by molar-refractivity contribution is 6.07. The van der Waals surface area contributed by atoms with Crippen LogP contribution in [0.5, 0.6) is 11.5 Å². The molecule has 2 aliphatic rings. The summed E-state index contributed by atoms with van der Waals surface area (Å²) in [7, 11) is 5.17. The summed E-state index contributed by atoms with van der Waals surface area (Å²) in [6.45, 7) is 5.17. The molecule has 29 heavy (non-hydrogen) atoms. The van der Waals surface area contributed by atoms with Crippen LogP contribution in [0.25, 0.3) is 0 Å². The van der Waals surface area contributed by atoms with Gasteiger partial charge in [-0.1, -0.05) is 26.3 Å². The Balaban J connectivity index is 1.63. The van der Waals surface area contributed by atoms with Crippen LogP contribution in [0.15, 0.2) is 18.2 Å². The van der Waals surface area contributed by atoms with Gasteiger partial charge < -0.3 is 14.8 Å². The van der Waals surface area contributed by atoms with Crippen LogP contribution in [-0.2, 0) is 11.2 Å². The average Bonchev–Trinajstić information content (AvgIpc) is 2.96. The number of rotatable bonds is 7. The SMILES string of the molecule is COc1ccc(CCN(C)CN2C(=O)NC3(C2=O)[C@H](C)CCC[C@H]3C)cc1OC. The molecule has 1 heterocycles. The molecule has 1 aromatic carbocycles. The molecular weight excluding hydrogens is 370 g/mol. The zero-order valence-electron chi connectivity index (χ0n) is 18.2. The van der Waals surface area contributed by atoms with E-state index in [2.05, 4.69) is 19.2 Å². The monoisotopic (exact) mass is 403 g/mol. The van der Waals surface area contributed by atoms with Gasteiger partial charge >= 0.3 is 6.03 Å². The van der Waals surface area contributed by atoms with Crippen molar-refractivity contribution in [1.29, 1.82) is 0 Å². The van der Waals surface area contributed by atoms with Gasteiger partial charge in [-0.3, -0.25) is 9.69 Å². The van der Waals surface area contributed by atoms with Crippen LogP contribution in [0.4, 0.5) is 4.79 Å². The third kappa shape index (κ3) is 3.92. The van der Waals surface area contributed by atoms with Gasteiger partial charge in [-0.15, -0.1) is 0 Å². The second-order valence-electron chi connectivity index (χ2n) is 8.43. The fraction of sp³-hybridized carbons (Fsp3) is 0.636. The Morgan fingerprint density at radius 3 is 2.41 bits per heavy atom. The largest absolute Gasteiger partial charge is 0.493 e. The van der Waals surface area contributed by atoms with Crippen molar-refractivity contribution in [3.63, 3.8) is 0 Å². The second kappa shape index (κ2) is 8.61. The van der Waals surface area contributed by atoms with Gasteiger partial charge in [0.2, 0.25) is 0 Å². The highest BCUT2D eigenvalue weighted by Crippen LogP contribution is 2.42. The maximum absolute atomic E-state index is 13.3. The van der Waals surface area contributed by atoms with Gasteiger partial charge in [0, 0.05) is 6.54 Å². The van der Waals surface area contributed by atoms with Gasteiger partial charge in [0.1, 0.15) is 5.54 Å². The molecule has 1 saturated heterocycles. The van der Waals surface area contributed by atoms with Crippen LogP contribution in [0.2, 0.25) is 0 Å². The van der Waals surface area contributed by atoms with Gasteiger partial charge in [0.25, 0.3) is 5.91 Å².